The van der Waals surface area contributed by atoms with Gasteiger partial charge in [-0.1, -0.05) is 30.7 Å². The first kappa shape index (κ1) is 16.2. The molecule has 0 bridgehead atoms. The second-order valence-corrected chi connectivity index (χ2v) is 7.74. The number of benzene rings is 1. The number of sulfone groups is 1. The second-order valence-electron chi connectivity index (χ2n) is 5.33. The number of hydrogen-bond acceptors (Lipinski definition) is 3. The summed E-state index contributed by atoms with van der Waals surface area (Å²) in [6.07, 6.45) is 2.06. The van der Waals surface area contributed by atoms with E-state index in [1.165, 1.54) is 22.9 Å². The molecule has 0 aliphatic carbocycles. The summed E-state index contributed by atoms with van der Waals surface area (Å²) in [6, 6.07) is 6.29. The van der Waals surface area contributed by atoms with Crippen LogP contribution in [0, 0.1) is 13.8 Å². The molecule has 0 heterocycles. The van der Waals surface area contributed by atoms with Crippen LogP contribution in [-0.2, 0) is 16.3 Å². The molecule has 4 heteroatoms. The molecule has 0 aliphatic heterocycles. The average Bonchev–Trinajstić information content (AvgIpc) is 2.31. The third-order valence-corrected chi connectivity index (χ3v) is 5.33. The molecule has 0 radical (unpaired) electrons. The molecule has 0 saturated carbocycles. The first-order chi connectivity index (χ1) is 8.75. The van der Waals surface area contributed by atoms with E-state index in [1.54, 1.807) is 6.92 Å². The molecular weight excluding hydrogens is 258 g/mol. The van der Waals surface area contributed by atoms with Crippen molar-refractivity contribution in [1.29, 1.82) is 0 Å². The van der Waals surface area contributed by atoms with Crippen molar-refractivity contribution in [1.82, 2.24) is 5.32 Å². The monoisotopic (exact) mass is 283 g/mol. The van der Waals surface area contributed by atoms with E-state index in [2.05, 4.69) is 37.4 Å². The van der Waals surface area contributed by atoms with E-state index in [0.29, 0.717) is 0 Å². The van der Waals surface area contributed by atoms with Crippen LogP contribution >= 0.6 is 0 Å². The first-order valence-corrected chi connectivity index (χ1v) is 8.69. The molecule has 3 nitrogen and oxygen atoms in total. The molecular formula is C15H25NO2S. The minimum absolute atomic E-state index is 0.0412. The van der Waals surface area contributed by atoms with Gasteiger partial charge in [0, 0.05) is 12.3 Å². The Morgan fingerprint density at radius 3 is 2.42 bits per heavy atom. The number of likely N-dealkylation sites (N-methyl/N-ethyl adjacent to an activating group) is 1. The average molecular weight is 283 g/mol. The lowest BCUT2D eigenvalue weighted by molar-refractivity contribution is 0.493. The Kier molecular flexibility index (Phi) is 5.56. The van der Waals surface area contributed by atoms with Gasteiger partial charge in [0.2, 0.25) is 0 Å². The van der Waals surface area contributed by atoms with Gasteiger partial charge >= 0.3 is 0 Å². The molecule has 0 aliphatic rings. The summed E-state index contributed by atoms with van der Waals surface area (Å²) in [5.74, 6) is 0. The number of aryl methyl sites for hydroxylation is 2. The van der Waals surface area contributed by atoms with Gasteiger partial charge in [-0.05, 0) is 44.9 Å². The van der Waals surface area contributed by atoms with E-state index < -0.39 is 9.84 Å². The Balaban J connectivity index is 2.99. The SMILES string of the molecule is CCNC(Cc1cc(C)ccc1C)C(C)S(C)(=O)=O. The molecule has 0 spiro atoms. The van der Waals surface area contributed by atoms with Gasteiger partial charge in [0.25, 0.3) is 0 Å². The predicted molar refractivity (Wildman–Crippen MR) is 81.4 cm³/mol. The zero-order chi connectivity index (χ0) is 14.6. The Hall–Kier alpha value is -0.870. The predicted octanol–water partition coefficient (Wildman–Crippen LogP) is 2.26. The molecule has 1 rings (SSSR count). The largest absolute Gasteiger partial charge is 0.313 e. The highest BCUT2D eigenvalue weighted by Gasteiger charge is 2.25. The maximum Gasteiger partial charge on any atom is 0.151 e. The van der Waals surface area contributed by atoms with E-state index in [1.807, 2.05) is 6.92 Å². The van der Waals surface area contributed by atoms with Crippen LogP contribution in [0.3, 0.4) is 0 Å². The van der Waals surface area contributed by atoms with Crippen LogP contribution in [0.5, 0.6) is 0 Å². The van der Waals surface area contributed by atoms with Gasteiger partial charge in [-0.2, -0.15) is 0 Å². The van der Waals surface area contributed by atoms with Crippen LogP contribution in [0.25, 0.3) is 0 Å². The summed E-state index contributed by atoms with van der Waals surface area (Å²) >= 11 is 0. The van der Waals surface area contributed by atoms with Gasteiger partial charge in [0.05, 0.1) is 5.25 Å². The van der Waals surface area contributed by atoms with E-state index in [0.717, 1.165) is 13.0 Å². The minimum Gasteiger partial charge on any atom is -0.313 e. The first-order valence-electron chi connectivity index (χ1n) is 6.74. The molecule has 0 saturated heterocycles. The summed E-state index contributed by atoms with van der Waals surface area (Å²) in [6.45, 7) is 8.70. The maximum atomic E-state index is 11.7. The van der Waals surface area contributed by atoms with Crippen molar-refractivity contribution in [3.8, 4) is 0 Å². The summed E-state index contributed by atoms with van der Waals surface area (Å²) < 4.78 is 23.5. The zero-order valence-corrected chi connectivity index (χ0v) is 13.3. The Labute approximate surface area is 117 Å². The molecule has 0 amide bonds. The normalized spacial score (nSPS) is 15.2. The number of hydrogen-bond donors (Lipinski definition) is 1. The molecule has 1 aromatic carbocycles. The van der Waals surface area contributed by atoms with Crippen molar-refractivity contribution in [3.05, 3.63) is 34.9 Å². The lowest BCUT2D eigenvalue weighted by atomic mass is 9.97. The van der Waals surface area contributed by atoms with Crippen LogP contribution in [0.15, 0.2) is 18.2 Å². The van der Waals surface area contributed by atoms with E-state index in [4.69, 9.17) is 0 Å². The van der Waals surface area contributed by atoms with Crippen molar-refractivity contribution in [2.75, 3.05) is 12.8 Å². The molecule has 19 heavy (non-hydrogen) atoms. The van der Waals surface area contributed by atoms with E-state index in [-0.39, 0.29) is 11.3 Å². The number of nitrogens with one attached hydrogen (secondary N) is 1. The van der Waals surface area contributed by atoms with Gasteiger partial charge in [-0.15, -0.1) is 0 Å². The van der Waals surface area contributed by atoms with Gasteiger partial charge in [0.15, 0.2) is 9.84 Å². The maximum absolute atomic E-state index is 11.7. The van der Waals surface area contributed by atoms with Crippen molar-refractivity contribution in [3.63, 3.8) is 0 Å². The van der Waals surface area contributed by atoms with Gasteiger partial charge in [-0.3, -0.25) is 0 Å². The van der Waals surface area contributed by atoms with Gasteiger partial charge in [-0.25, -0.2) is 8.42 Å². The second kappa shape index (κ2) is 6.53. The highest BCUT2D eigenvalue weighted by atomic mass is 32.2. The quantitative estimate of drug-likeness (QED) is 0.871. The highest BCUT2D eigenvalue weighted by molar-refractivity contribution is 7.91. The smallest absolute Gasteiger partial charge is 0.151 e. The van der Waals surface area contributed by atoms with Crippen molar-refractivity contribution >= 4 is 9.84 Å². The standard InChI is InChI=1S/C15H25NO2S/c1-6-16-15(13(4)19(5,17)18)10-14-9-11(2)7-8-12(14)3/h7-9,13,15-16H,6,10H2,1-5H3. The van der Waals surface area contributed by atoms with Gasteiger partial charge < -0.3 is 5.32 Å². The third kappa shape index (κ3) is 4.62. The third-order valence-electron chi connectivity index (χ3n) is 3.65. The number of rotatable bonds is 6. The molecule has 1 N–H and O–H groups in total. The van der Waals surface area contributed by atoms with Crippen molar-refractivity contribution < 1.29 is 8.42 Å². The lowest BCUT2D eigenvalue weighted by Crippen LogP contribution is -2.43. The lowest BCUT2D eigenvalue weighted by Gasteiger charge is -2.24. The molecule has 2 unspecified atom stereocenters. The Bertz CT molecular complexity index is 523. The highest BCUT2D eigenvalue weighted by Crippen LogP contribution is 2.16. The Morgan fingerprint density at radius 2 is 1.89 bits per heavy atom. The summed E-state index contributed by atoms with van der Waals surface area (Å²) in [5.41, 5.74) is 3.65. The van der Waals surface area contributed by atoms with Crippen LogP contribution in [-0.4, -0.2) is 32.5 Å². The van der Waals surface area contributed by atoms with Crippen LogP contribution < -0.4 is 5.32 Å². The van der Waals surface area contributed by atoms with Crippen molar-refractivity contribution in [2.45, 2.75) is 45.4 Å². The molecule has 0 aromatic heterocycles. The van der Waals surface area contributed by atoms with Gasteiger partial charge in [0.1, 0.15) is 0 Å². The fraction of sp³-hybridized carbons (Fsp3) is 0.600. The summed E-state index contributed by atoms with van der Waals surface area (Å²) in [4.78, 5) is 0. The summed E-state index contributed by atoms with van der Waals surface area (Å²) in [5, 5.41) is 2.92. The molecule has 2 atom stereocenters. The van der Waals surface area contributed by atoms with Crippen LogP contribution in [0.4, 0.5) is 0 Å². The fourth-order valence-electron chi connectivity index (χ4n) is 2.22. The van der Waals surface area contributed by atoms with Crippen LogP contribution in [0.2, 0.25) is 0 Å². The molecule has 0 fully saturated rings. The minimum atomic E-state index is -3.03. The molecule has 1 aromatic rings. The summed E-state index contributed by atoms with van der Waals surface area (Å²) in [7, 11) is -3.03. The fourth-order valence-corrected chi connectivity index (χ4v) is 3.01. The van der Waals surface area contributed by atoms with E-state index >= 15 is 0 Å². The Morgan fingerprint density at radius 1 is 1.26 bits per heavy atom. The van der Waals surface area contributed by atoms with Crippen LogP contribution in [0.1, 0.15) is 30.5 Å². The topological polar surface area (TPSA) is 46.2 Å². The zero-order valence-electron chi connectivity index (χ0n) is 12.5. The van der Waals surface area contributed by atoms with E-state index in [9.17, 15) is 8.42 Å². The van der Waals surface area contributed by atoms with Crippen molar-refractivity contribution in [2.24, 2.45) is 0 Å². The molecule has 108 valence electrons.